The van der Waals surface area contributed by atoms with E-state index in [-0.39, 0.29) is 0 Å². The molecule has 106 valence electrons. The van der Waals surface area contributed by atoms with Crippen LogP contribution in [0.4, 0.5) is 13.2 Å². The predicted molar refractivity (Wildman–Crippen MR) is 65.1 cm³/mol. The van der Waals surface area contributed by atoms with Crippen molar-refractivity contribution in [3.63, 3.8) is 0 Å². The van der Waals surface area contributed by atoms with Crippen LogP contribution < -0.4 is 5.73 Å². The number of rotatable bonds is 7. The molecule has 0 aliphatic heterocycles. The van der Waals surface area contributed by atoms with Crippen molar-refractivity contribution in [2.24, 2.45) is 17.6 Å². The van der Waals surface area contributed by atoms with Gasteiger partial charge in [-0.25, -0.2) is 0 Å². The highest BCUT2D eigenvalue weighted by Gasteiger charge is 2.48. The molecule has 0 amide bonds. The molecule has 2 aliphatic rings. The smallest absolute Gasteiger partial charge is 0.326 e. The fourth-order valence-electron chi connectivity index (χ4n) is 2.51. The third kappa shape index (κ3) is 3.85. The van der Waals surface area contributed by atoms with Crippen LogP contribution in [0.15, 0.2) is 0 Å². The van der Waals surface area contributed by atoms with Crippen LogP contribution in [0.25, 0.3) is 0 Å². The lowest BCUT2D eigenvalue weighted by Crippen LogP contribution is -2.57. The van der Waals surface area contributed by atoms with Gasteiger partial charge >= 0.3 is 6.18 Å². The van der Waals surface area contributed by atoms with Crippen LogP contribution in [0.2, 0.25) is 0 Å². The average molecular weight is 264 g/mol. The standard InChI is InChI=1S/C13H23F3N2/c1-2-11(17)12(13(14,15)16)18(7-9-3-4-9)8-10-5-6-10/h9-12H,2-8,17H2,1H3. The van der Waals surface area contributed by atoms with Crippen LogP contribution in [0.1, 0.15) is 39.0 Å². The molecule has 2 aliphatic carbocycles. The van der Waals surface area contributed by atoms with Gasteiger partial charge in [0.05, 0.1) is 0 Å². The predicted octanol–water partition coefficient (Wildman–Crippen LogP) is 2.78. The number of nitrogens with two attached hydrogens (primary N) is 1. The molecule has 0 spiro atoms. The van der Waals surface area contributed by atoms with Crippen LogP contribution in [0.3, 0.4) is 0 Å². The second kappa shape index (κ2) is 5.37. The van der Waals surface area contributed by atoms with Gasteiger partial charge in [-0.15, -0.1) is 0 Å². The zero-order valence-electron chi connectivity index (χ0n) is 10.9. The molecule has 2 rings (SSSR count). The number of nitrogens with zero attached hydrogens (tertiary/aromatic N) is 1. The number of hydrogen-bond acceptors (Lipinski definition) is 2. The number of hydrogen-bond donors (Lipinski definition) is 1. The van der Waals surface area contributed by atoms with E-state index < -0.39 is 18.3 Å². The molecule has 0 radical (unpaired) electrons. The summed E-state index contributed by atoms with van der Waals surface area (Å²) >= 11 is 0. The highest BCUT2D eigenvalue weighted by atomic mass is 19.4. The number of alkyl halides is 3. The summed E-state index contributed by atoms with van der Waals surface area (Å²) in [5.74, 6) is 0.940. The van der Waals surface area contributed by atoms with Gasteiger partial charge in [-0.3, -0.25) is 4.90 Å². The SMILES string of the molecule is CCC(N)C(N(CC1CC1)CC1CC1)C(F)(F)F. The van der Waals surface area contributed by atoms with E-state index in [2.05, 4.69) is 0 Å². The van der Waals surface area contributed by atoms with Gasteiger partial charge in [-0.1, -0.05) is 6.92 Å². The Bertz CT molecular complexity index is 258. The third-order valence-corrected chi connectivity index (χ3v) is 3.98. The summed E-state index contributed by atoms with van der Waals surface area (Å²) in [4.78, 5) is 1.63. The summed E-state index contributed by atoms with van der Waals surface area (Å²) in [6.07, 6.45) is 0.468. The molecule has 0 aromatic heterocycles. The second-order valence-electron chi connectivity index (χ2n) is 5.90. The molecular formula is C13H23F3N2. The first-order chi connectivity index (χ1) is 8.41. The molecule has 0 bridgehead atoms. The third-order valence-electron chi connectivity index (χ3n) is 3.98. The van der Waals surface area contributed by atoms with Crippen molar-refractivity contribution < 1.29 is 13.2 Å². The van der Waals surface area contributed by atoms with Gasteiger partial charge in [0.2, 0.25) is 0 Å². The maximum absolute atomic E-state index is 13.2. The summed E-state index contributed by atoms with van der Waals surface area (Å²) in [6.45, 7) is 2.89. The van der Waals surface area contributed by atoms with Crippen molar-refractivity contribution in [2.45, 2.75) is 57.3 Å². The van der Waals surface area contributed by atoms with Crippen molar-refractivity contribution in [3.8, 4) is 0 Å². The van der Waals surface area contributed by atoms with E-state index in [1.165, 1.54) is 0 Å². The molecule has 0 saturated heterocycles. The molecule has 2 fully saturated rings. The van der Waals surface area contributed by atoms with Crippen LogP contribution in [0, 0.1) is 11.8 Å². The molecule has 18 heavy (non-hydrogen) atoms. The van der Waals surface area contributed by atoms with E-state index in [0.717, 1.165) is 25.7 Å². The zero-order valence-corrected chi connectivity index (χ0v) is 10.9. The lowest BCUT2D eigenvalue weighted by molar-refractivity contribution is -0.190. The fourth-order valence-corrected chi connectivity index (χ4v) is 2.51. The van der Waals surface area contributed by atoms with Crippen LogP contribution in [-0.2, 0) is 0 Å². The summed E-state index contributed by atoms with van der Waals surface area (Å²) in [5, 5.41) is 0. The zero-order chi connectivity index (χ0) is 13.3. The molecular weight excluding hydrogens is 241 g/mol. The van der Waals surface area contributed by atoms with Crippen molar-refractivity contribution in [2.75, 3.05) is 13.1 Å². The Labute approximate surface area is 107 Å². The lowest BCUT2D eigenvalue weighted by Gasteiger charge is -2.36. The van der Waals surface area contributed by atoms with Gasteiger partial charge in [0.15, 0.2) is 0 Å². The Kier molecular flexibility index (Phi) is 4.22. The van der Waals surface area contributed by atoms with Gasteiger partial charge in [0.25, 0.3) is 0 Å². The Hall–Kier alpha value is -0.290. The monoisotopic (exact) mass is 264 g/mol. The summed E-state index contributed by atoms with van der Waals surface area (Å²) in [5.41, 5.74) is 5.73. The molecule has 2 unspecified atom stereocenters. The molecule has 0 aromatic carbocycles. The number of halogens is 3. The summed E-state index contributed by atoms with van der Waals surface area (Å²) < 4.78 is 39.7. The second-order valence-corrected chi connectivity index (χ2v) is 5.90. The largest absolute Gasteiger partial charge is 0.405 e. The maximum atomic E-state index is 13.2. The van der Waals surface area contributed by atoms with Gasteiger partial charge in [-0.05, 0) is 43.9 Å². The van der Waals surface area contributed by atoms with Gasteiger partial charge in [-0.2, -0.15) is 13.2 Å². The lowest BCUT2D eigenvalue weighted by atomic mass is 10.0. The molecule has 2 saturated carbocycles. The van der Waals surface area contributed by atoms with E-state index in [1.54, 1.807) is 11.8 Å². The first-order valence-corrected chi connectivity index (χ1v) is 6.98. The molecule has 5 heteroatoms. The minimum atomic E-state index is -4.21. The summed E-state index contributed by atoms with van der Waals surface area (Å²) in [6, 6.07) is -2.26. The van der Waals surface area contributed by atoms with Crippen LogP contribution in [-0.4, -0.2) is 36.2 Å². The molecule has 2 N–H and O–H groups in total. The van der Waals surface area contributed by atoms with E-state index >= 15 is 0 Å². The van der Waals surface area contributed by atoms with Crippen LogP contribution >= 0.6 is 0 Å². The highest BCUT2D eigenvalue weighted by molar-refractivity contribution is 4.92. The molecule has 0 aromatic rings. The fraction of sp³-hybridized carbons (Fsp3) is 1.00. The molecule has 2 nitrogen and oxygen atoms in total. The Balaban J connectivity index is 2.05. The van der Waals surface area contributed by atoms with Gasteiger partial charge in [0, 0.05) is 19.1 Å². The Morgan fingerprint density at radius 1 is 1.11 bits per heavy atom. The first kappa shape index (κ1) is 14.1. The Morgan fingerprint density at radius 2 is 1.56 bits per heavy atom. The van der Waals surface area contributed by atoms with E-state index in [4.69, 9.17) is 5.73 Å². The first-order valence-electron chi connectivity index (χ1n) is 6.98. The van der Waals surface area contributed by atoms with Gasteiger partial charge < -0.3 is 5.73 Å². The van der Waals surface area contributed by atoms with Gasteiger partial charge in [0.1, 0.15) is 6.04 Å². The van der Waals surface area contributed by atoms with Crippen molar-refractivity contribution in [1.29, 1.82) is 0 Å². The maximum Gasteiger partial charge on any atom is 0.405 e. The topological polar surface area (TPSA) is 29.3 Å². The summed E-state index contributed by atoms with van der Waals surface area (Å²) in [7, 11) is 0. The Morgan fingerprint density at radius 3 is 1.83 bits per heavy atom. The average Bonchev–Trinajstić information content (AvgIpc) is 3.10. The van der Waals surface area contributed by atoms with Crippen molar-refractivity contribution in [1.82, 2.24) is 4.90 Å². The molecule has 0 heterocycles. The van der Waals surface area contributed by atoms with Crippen molar-refractivity contribution >= 4 is 0 Å². The van der Waals surface area contributed by atoms with E-state index in [9.17, 15) is 13.2 Å². The van der Waals surface area contributed by atoms with E-state index in [0.29, 0.717) is 31.3 Å². The van der Waals surface area contributed by atoms with Crippen LogP contribution in [0.5, 0.6) is 0 Å². The normalized spacial score (nSPS) is 24.3. The quantitative estimate of drug-likeness (QED) is 0.766. The minimum absolute atomic E-state index is 0.371. The minimum Gasteiger partial charge on any atom is -0.326 e. The molecule has 2 atom stereocenters. The van der Waals surface area contributed by atoms with E-state index in [1.807, 2.05) is 0 Å². The van der Waals surface area contributed by atoms with Crippen molar-refractivity contribution in [3.05, 3.63) is 0 Å². The highest BCUT2D eigenvalue weighted by Crippen LogP contribution is 2.38.